The number of rotatable bonds is 11. The average molecular weight is 578 g/mol. The third-order valence-electron chi connectivity index (χ3n) is 6.43. The van der Waals surface area contributed by atoms with Gasteiger partial charge >= 0.3 is 0 Å². The van der Waals surface area contributed by atoms with E-state index in [1.807, 2.05) is 48.5 Å². The van der Waals surface area contributed by atoms with E-state index in [4.69, 9.17) is 33.7 Å². The SMILES string of the molecule is COc1cccc(N(C2CN(C(c3ccc(Cl)cc3)c3ccc(Cl)cc3)C2)S(=O)(=O)CCNC(=O)CN)c1. The van der Waals surface area contributed by atoms with Gasteiger partial charge in [0.05, 0.1) is 37.2 Å². The molecule has 1 saturated heterocycles. The van der Waals surface area contributed by atoms with Gasteiger partial charge in [0.1, 0.15) is 5.75 Å². The molecule has 4 rings (SSSR count). The summed E-state index contributed by atoms with van der Waals surface area (Å²) >= 11 is 12.3. The number of hydrogen-bond donors (Lipinski definition) is 2. The Morgan fingerprint density at radius 1 is 1.05 bits per heavy atom. The standard InChI is InChI=1S/C27H30Cl2N4O4S/c1-37-25-4-2-3-23(15-25)33(38(35,36)14-13-31-26(34)16-30)24-17-32(18-24)27(19-5-9-21(28)10-6-19)20-7-11-22(29)12-8-20/h2-12,15,24,27H,13-14,16-18,30H2,1H3,(H,31,34). The summed E-state index contributed by atoms with van der Waals surface area (Å²) < 4.78 is 34.0. The minimum absolute atomic E-state index is 0.0343. The maximum Gasteiger partial charge on any atom is 0.237 e. The Morgan fingerprint density at radius 2 is 1.63 bits per heavy atom. The summed E-state index contributed by atoms with van der Waals surface area (Å²) in [6.07, 6.45) is 0. The Balaban J connectivity index is 1.61. The van der Waals surface area contributed by atoms with Gasteiger partial charge in [0.2, 0.25) is 15.9 Å². The van der Waals surface area contributed by atoms with Crippen molar-refractivity contribution in [2.45, 2.75) is 12.1 Å². The van der Waals surface area contributed by atoms with Crippen molar-refractivity contribution in [2.24, 2.45) is 5.73 Å². The number of sulfonamides is 1. The molecule has 3 N–H and O–H groups in total. The van der Waals surface area contributed by atoms with Gasteiger partial charge in [-0.25, -0.2) is 8.42 Å². The van der Waals surface area contributed by atoms with Gasteiger partial charge in [0.15, 0.2) is 0 Å². The highest BCUT2D eigenvalue weighted by molar-refractivity contribution is 7.92. The van der Waals surface area contributed by atoms with E-state index in [-0.39, 0.29) is 30.9 Å². The number of carbonyl (C=O) groups is 1. The van der Waals surface area contributed by atoms with Crippen molar-refractivity contribution in [3.05, 3.63) is 94.0 Å². The van der Waals surface area contributed by atoms with E-state index in [9.17, 15) is 13.2 Å². The van der Waals surface area contributed by atoms with E-state index in [0.29, 0.717) is 34.6 Å². The van der Waals surface area contributed by atoms with Gasteiger partial charge in [-0.3, -0.25) is 14.0 Å². The number of amides is 1. The normalized spacial score (nSPS) is 14.2. The average Bonchev–Trinajstić information content (AvgIpc) is 2.89. The number of ether oxygens (including phenoxy) is 1. The minimum atomic E-state index is -3.79. The lowest BCUT2D eigenvalue weighted by Gasteiger charge is -2.49. The van der Waals surface area contributed by atoms with Crippen LogP contribution in [0.2, 0.25) is 10.0 Å². The highest BCUT2D eigenvalue weighted by Gasteiger charge is 2.41. The quantitative estimate of drug-likeness (QED) is 0.360. The Labute approximate surface area is 233 Å². The molecule has 202 valence electrons. The number of anilines is 1. The van der Waals surface area contributed by atoms with Crippen LogP contribution in [0.5, 0.6) is 5.75 Å². The van der Waals surface area contributed by atoms with Gasteiger partial charge in [-0.05, 0) is 47.5 Å². The molecule has 11 heteroatoms. The summed E-state index contributed by atoms with van der Waals surface area (Å²) in [4.78, 5) is 13.8. The maximum atomic E-state index is 13.6. The third kappa shape index (κ3) is 6.59. The first-order chi connectivity index (χ1) is 18.2. The first kappa shape index (κ1) is 28.2. The highest BCUT2D eigenvalue weighted by atomic mass is 35.5. The molecule has 8 nitrogen and oxygen atoms in total. The molecule has 1 aliphatic heterocycles. The van der Waals surface area contributed by atoms with Gasteiger partial charge in [0.25, 0.3) is 0 Å². The second-order valence-electron chi connectivity index (χ2n) is 8.98. The number of nitrogens with one attached hydrogen (secondary N) is 1. The van der Waals surface area contributed by atoms with Crippen molar-refractivity contribution < 1.29 is 17.9 Å². The predicted octanol–water partition coefficient (Wildman–Crippen LogP) is 3.69. The van der Waals surface area contributed by atoms with Crippen molar-refractivity contribution in [3.8, 4) is 5.75 Å². The molecule has 1 heterocycles. The predicted molar refractivity (Wildman–Crippen MR) is 151 cm³/mol. The number of benzene rings is 3. The van der Waals surface area contributed by atoms with E-state index in [1.165, 1.54) is 11.4 Å². The molecule has 38 heavy (non-hydrogen) atoms. The van der Waals surface area contributed by atoms with E-state index in [2.05, 4.69) is 10.2 Å². The summed E-state index contributed by atoms with van der Waals surface area (Å²) in [5.74, 6) is -0.114. The van der Waals surface area contributed by atoms with Crippen molar-refractivity contribution >= 4 is 44.8 Å². The lowest BCUT2D eigenvalue weighted by Crippen LogP contribution is -2.62. The number of hydrogen-bond acceptors (Lipinski definition) is 6. The van der Waals surface area contributed by atoms with Crippen LogP contribution in [0.3, 0.4) is 0 Å². The number of halogens is 2. The lowest BCUT2D eigenvalue weighted by molar-refractivity contribution is -0.119. The monoisotopic (exact) mass is 576 g/mol. The molecule has 0 spiro atoms. The fourth-order valence-electron chi connectivity index (χ4n) is 4.59. The molecule has 0 saturated carbocycles. The van der Waals surface area contributed by atoms with Crippen LogP contribution in [0, 0.1) is 0 Å². The van der Waals surface area contributed by atoms with Crippen molar-refractivity contribution in [1.82, 2.24) is 10.2 Å². The Bertz CT molecular complexity index is 1300. The Kier molecular flexibility index (Phi) is 9.17. The zero-order valence-corrected chi connectivity index (χ0v) is 23.2. The topological polar surface area (TPSA) is 105 Å². The molecule has 0 aromatic heterocycles. The molecule has 0 atom stereocenters. The van der Waals surface area contributed by atoms with E-state index < -0.39 is 15.9 Å². The van der Waals surface area contributed by atoms with Crippen LogP contribution in [0.15, 0.2) is 72.8 Å². The fourth-order valence-corrected chi connectivity index (χ4v) is 6.42. The zero-order valence-electron chi connectivity index (χ0n) is 20.9. The second-order valence-corrected chi connectivity index (χ2v) is 11.8. The highest BCUT2D eigenvalue weighted by Crippen LogP contribution is 2.37. The smallest absolute Gasteiger partial charge is 0.237 e. The van der Waals surface area contributed by atoms with Gasteiger partial charge in [-0.2, -0.15) is 0 Å². The first-order valence-corrected chi connectivity index (χ1v) is 14.5. The van der Waals surface area contributed by atoms with Crippen LogP contribution >= 0.6 is 23.2 Å². The number of nitrogens with zero attached hydrogens (tertiary/aromatic N) is 2. The Morgan fingerprint density at radius 3 is 2.16 bits per heavy atom. The summed E-state index contributed by atoms with van der Waals surface area (Å²) in [6.45, 7) is 0.741. The zero-order chi connectivity index (χ0) is 27.3. The summed E-state index contributed by atoms with van der Waals surface area (Å²) in [6, 6.07) is 21.8. The molecule has 1 amide bonds. The maximum absolute atomic E-state index is 13.6. The number of nitrogens with two attached hydrogens (primary N) is 1. The van der Waals surface area contributed by atoms with Crippen molar-refractivity contribution in [1.29, 1.82) is 0 Å². The number of carbonyl (C=O) groups excluding carboxylic acids is 1. The fraction of sp³-hybridized carbons (Fsp3) is 0.296. The molecular formula is C27H30Cl2N4O4S. The number of methoxy groups -OCH3 is 1. The second kappa shape index (κ2) is 12.4. The molecule has 0 radical (unpaired) electrons. The van der Waals surface area contributed by atoms with Crippen LogP contribution in [-0.4, -0.2) is 64.3 Å². The van der Waals surface area contributed by atoms with E-state index >= 15 is 0 Å². The number of likely N-dealkylation sites (tertiary alicyclic amines) is 1. The third-order valence-corrected chi connectivity index (χ3v) is 8.77. The summed E-state index contributed by atoms with van der Waals surface area (Å²) in [5.41, 5.74) is 7.92. The summed E-state index contributed by atoms with van der Waals surface area (Å²) in [7, 11) is -2.26. The molecule has 0 bridgehead atoms. The van der Waals surface area contributed by atoms with Gasteiger partial charge in [0, 0.05) is 35.7 Å². The molecular weight excluding hydrogens is 547 g/mol. The van der Waals surface area contributed by atoms with Crippen LogP contribution in [0.25, 0.3) is 0 Å². The van der Waals surface area contributed by atoms with Crippen molar-refractivity contribution in [2.75, 3.05) is 43.3 Å². The van der Waals surface area contributed by atoms with Gasteiger partial charge in [-0.1, -0.05) is 53.5 Å². The Hall–Kier alpha value is -2.82. The van der Waals surface area contributed by atoms with Gasteiger partial charge < -0.3 is 15.8 Å². The lowest BCUT2D eigenvalue weighted by atomic mass is 9.93. The minimum Gasteiger partial charge on any atom is -0.497 e. The van der Waals surface area contributed by atoms with Gasteiger partial charge in [-0.15, -0.1) is 0 Å². The van der Waals surface area contributed by atoms with E-state index in [1.54, 1.807) is 24.3 Å². The summed E-state index contributed by atoms with van der Waals surface area (Å²) in [5, 5.41) is 3.83. The van der Waals surface area contributed by atoms with Crippen LogP contribution < -0.4 is 20.1 Å². The van der Waals surface area contributed by atoms with Crippen LogP contribution in [0.1, 0.15) is 17.2 Å². The molecule has 3 aromatic carbocycles. The van der Waals surface area contributed by atoms with Crippen molar-refractivity contribution in [3.63, 3.8) is 0 Å². The molecule has 0 unspecified atom stereocenters. The molecule has 3 aromatic rings. The van der Waals surface area contributed by atoms with Crippen LogP contribution in [0.4, 0.5) is 5.69 Å². The van der Waals surface area contributed by atoms with E-state index in [0.717, 1.165) is 11.1 Å². The molecule has 1 fully saturated rings. The molecule has 0 aliphatic carbocycles. The van der Waals surface area contributed by atoms with Crippen LogP contribution in [-0.2, 0) is 14.8 Å². The molecule has 1 aliphatic rings. The first-order valence-electron chi connectivity index (χ1n) is 12.1. The largest absolute Gasteiger partial charge is 0.497 e.